The van der Waals surface area contributed by atoms with E-state index in [-0.39, 0.29) is 24.9 Å². The standard InChI is InChI=1S/C6H11O6.Ga.2H/c7-1-3(9)5(11)6(12)4(10)2-8;;;/h1-7,9-12H;;;/t3-,4-,5-,6-;;;/m1.../s1. The van der Waals surface area contributed by atoms with Crippen LogP contribution in [0, 0.1) is 0 Å². The number of hydrogen-bond donors (Lipinski definition) is 5. The molecule has 0 aromatic heterocycles. The number of aliphatic hydroxyl groups is 5. The van der Waals surface area contributed by atoms with Gasteiger partial charge in [0.1, 0.15) is 0 Å². The summed E-state index contributed by atoms with van der Waals surface area (Å²) >= 11 is -0.140. The van der Waals surface area contributed by atoms with E-state index in [4.69, 9.17) is 25.5 Å². The van der Waals surface area contributed by atoms with Gasteiger partial charge >= 0.3 is 84.3 Å². The summed E-state index contributed by atoms with van der Waals surface area (Å²) in [5, 5.41) is 44.9. The zero-order valence-corrected chi connectivity index (χ0v) is 11.3. The first-order valence-electron chi connectivity index (χ1n) is 3.77. The zero-order valence-electron chi connectivity index (χ0n) is 7.11. The Bertz CT molecular complexity index is 163. The maximum atomic E-state index is 9.99. The molecule has 5 N–H and O–H groups in total. The van der Waals surface area contributed by atoms with Crippen molar-refractivity contribution in [1.82, 2.24) is 0 Å². The van der Waals surface area contributed by atoms with Crippen molar-refractivity contribution in [3.63, 3.8) is 0 Å². The summed E-state index contributed by atoms with van der Waals surface area (Å²) in [6, 6.07) is 0. The summed E-state index contributed by atoms with van der Waals surface area (Å²) in [5.74, 6) is 0. The van der Waals surface area contributed by atoms with E-state index in [9.17, 15) is 4.79 Å². The minimum absolute atomic E-state index is 0.0457. The summed E-state index contributed by atoms with van der Waals surface area (Å²) in [7, 11) is 0. The van der Waals surface area contributed by atoms with Gasteiger partial charge in [-0.2, -0.15) is 0 Å². The second-order valence-electron chi connectivity index (χ2n) is 2.84. The molecule has 7 heteroatoms. The molecule has 0 aliphatic heterocycles. The molecule has 0 saturated heterocycles. The molecule has 0 rings (SSSR count). The van der Waals surface area contributed by atoms with Gasteiger partial charge in [-0.05, 0) is 0 Å². The van der Waals surface area contributed by atoms with E-state index in [1.165, 1.54) is 0 Å². The number of carbonyl (C=O) groups is 1. The van der Waals surface area contributed by atoms with Crippen molar-refractivity contribution in [2.24, 2.45) is 0 Å². The van der Waals surface area contributed by atoms with Gasteiger partial charge in [-0.3, -0.25) is 0 Å². The molecular formula is C6H13GaO6. The Morgan fingerprint density at radius 1 is 0.923 bits per heavy atom. The first-order valence-corrected chi connectivity index (χ1v) is 6.19. The Balaban J connectivity index is 4.23. The second kappa shape index (κ2) is 5.76. The molecule has 0 radical (unpaired) electrons. The summed E-state index contributed by atoms with van der Waals surface area (Å²) in [4.78, 5) is 9.99. The van der Waals surface area contributed by atoms with E-state index < -0.39 is 29.1 Å². The molecule has 0 spiro atoms. The van der Waals surface area contributed by atoms with E-state index in [1.807, 2.05) is 0 Å². The molecule has 5 atom stereocenters. The van der Waals surface area contributed by atoms with Crippen LogP contribution in [-0.2, 0) is 4.79 Å². The Morgan fingerprint density at radius 3 is 1.69 bits per heavy atom. The molecule has 1 unspecified atom stereocenters. The van der Waals surface area contributed by atoms with Crippen LogP contribution in [0.5, 0.6) is 0 Å². The van der Waals surface area contributed by atoms with E-state index in [0.717, 1.165) is 0 Å². The number of aldehydes is 1. The third-order valence-corrected chi connectivity index (χ3v) is 3.12. The van der Waals surface area contributed by atoms with Gasteiger partial charge in [0.25, 0.3) is 0 Å². The van der Waals surface area contributed by atoms with Gasteiger partial charge in [-0.25, -0.2) is 0 Å². The van der Waals surface area contributed by atoms with Crippen LogP contribution in [0.4, 0.5) is 0 Å². The van der Waals surface area contributed by atoms with E-state index in [2.05, 4.69) is 0 Å². The number of aliphatic hydroxyl groups excluding tert-OH is 5. The molecule has 76 valence electrons. The topological polar surface area (TPSA) is 118 Å². The van der Waals surface area contributed by atoms with E-state index >= 15 is 0 Å². The monoisotopic (exact) mass is 250 g/mol. The van der Waals surface area contributed by atoms with Crippen molar-refractivity contribution in [1.29, 1.82) is 0 Å². The predicted molar refractivity (Wildman–Crippen MR) is 44.6 cm³/mol. The van der Waals surface area contributed by atoms with Gasteiger partial charge < -0.3 is 0 Å². The van der Waals surface area contributed by atoms with Gasteiger partial charge in [0.05, 0.1) is 0 Å². The van der Waals surface area contributed by atoms with Crippen molar-refractivity contribution < 1.29 is 30.3 Å². The third kappa shape index (κ3) is 3.77. The van der Waals surface area contributed by atoms with Crippen LogP contribution in [0.2, 0.25) is 0 Å². The molecule has 0 aromatic carbocycles. The first-order chi connectivity index (χ1) is 5.91. The average Bonchev–Trinajstić information content (AvgIpc) is 2.12. The van der Waals surface area contributed by atoms with Gasteiger partial charge in [-0.1, -0.05) is 0 Å². The Labute approximate surface area is 84.7 Å². The molecule has 0 amide bonds. The fourth-order valence-electron chi connectivity index (χ4n) is 0.770. The van der Waals surface area contributed by atoms with E-state index in [0.29, 0.717) is 0 Å². The van der Waals surface area contributed by atoms with Crippen LogP contribution in [0.1, 0.15) is 0 Å². The molecule has 0 aromatic rings. The van der Waals surface area contributed by atoms with Crippen LogP contribution in [-0.4, -0.2) is 79.5 Å². The van der Waals surface area contributed by atoms with Crippen molar-refractivity contribution in [2.45, 2.75) is 29.1 Å². The Hall–Kier alpha value is 0.106. The van der Waals surface area contributed by atoms with Crippen molar-refractivity contribution in [3.05, 3.63) is 0 Å². The van der Waals surface area contributed by atoms with Crippen LogP contribution in [0.15, 0.2) is 0 Å². The summed E-state index contributed by atoms with van der Waals surface area (Å²) in [5.41, 5.74) is 0. The van der Waals surface area contributed by atoms with Gasteiger partial charge in [-0.15, -0.1) is 0 Å². The zero-order chi connectivity index (χ0) is 10.6. The van der Waals surface area contributed by atoms with Crippen molar-refractivity contribution >= 4 is 24.9 Å². The molecule has 0 aliphatic rings. The first kappa shape index (κ1) is 13.1. The minimum atomic E-state index is -1.77. The van der Waals surface area contributed by atoms with E-state index in [1.54, 1.807) is 0 Å². The summed E-state index contributed by atoms with van der Waals surface area (Å²) < 4.78 is -1.07. The quantitative estimate of drug-likeness (QED) is 0.248. The van der Waals surface area contributed by atoms with Gasteiger partial charge in [0, 0.05) is 0 Å². The maximum absolute atomic E-state index is 9.99. The number of rotatable bonds is 5. The van der Waals surface area contributed by atoms with Crippen LogP contribution in [0.25, 0.3) is 0 Å². The molecule has 0 heterocycles. The van der Waals surface area contributed by atoms with Crippen molar-refractivity contribution in [2.75, 3.05) is 0 Å². The third-order valence-electron chi connectivity index (χ3n) is 1.68. The van der Waals surface area contributed by atoms with Crippen LogP contribution < -0.4 is 0 Å². The molecule has 0 fully saturated rings. The van der Waals surface area contributed by atoms with Gasteiger partial charge in [0.2, 0.25) is 0 Å². The predicted octanol–water partition coefficient (Wildman–Crippen LogP) is -4.42. The molecule has 0 saturated carbocycles. The normalized spacial score (nSPS) is 22.8. The summed E-state index contributed by atoms with van der Waals surface area (Å²) in [6.45, 7) is 0. The average molecular weight is 251 g/mol. The fraction of sp³-hybridized carbons (Fsp3) is 0.833. The molecular weight excluding hydrogens is 238 g/mol. The Kier molecular flexibility index (Phi) is 5.80. The fourth-order valence-corrected chi connectivity index (χ4v) is 1.60. The molecule has 0 bridgehead atoms. The van der Waals surface area contributed by atoms with Crippen LogP contribution in [0.3, 0.4) is 0 Å². The number of carbonyl (C=O) groups excluding carboxylic acids is 1. The van der Waals surface area contributed by atoms with Crippen LogP contribution >= 0.6 is 0 Å². The van der Waals surface area contributed by atoms with Gasteiger partial charge in [0.15, 0.2) is 0 Å². The molecule has 6 nitrogen and oxygen atoms in total. The SMILES string of the molecule is O=C[C@@H](O)[C@@H](O)[C@H](O)[C@H](O)[CH](O)[GaH2]. The second-order valence-corrected chi connectivity index (χ2v) is 5.32. The Morgan fingerprint density at radius 2 is 1.38 bits per heavy atom. The molecule has 0 aliphatic carbocycles. The molecule has 13 heavy (non-hydrogen) atoms. The van der Waals surface area contributed by atoms with Crippen molar-refractivity contribution in [3.8, 4) is 0 Å². The summed E-state index contributed by atoms with van der Waals surface area (Å²) in [6.07, 6.45) is -6.72. The number of hydrogen-bond acceptors (Lipinski definition) is 6.